The Morgan fingerprint density at radius 2 is 1.57 bits per heavy atom. The van der Waals surface area contributed by atoms with Crippen LogP contribution in [0.2, 0.25) is 13.1 Å². The largest absolute Gasteiger partial charge is 0.362 e. The Morgan fingerprint density at radius 3 is 2.13 bits per heavy atom. The van der Waals surface area contributed by atoms with Crippen molar-refractivity contribution in [3.63, 3.8) is 0 Å². The van der Waals surface area contributed by atoms with Gasteiger partial charge in [0.05, 0.1) is 6.61 Å². The molecule has 0 bridgehead atoms. The second-order valence-electron chi connectivity index (χ2n) is 6.49. The lowest BCUT2D eigenvalue weighted by Gasteiger charge is -2.29. The lowest BCUT2D eigenvalue weighted by atomic mass is 9.96. The van der Waals surface area contributed by atoms with Crippen LogP contribution in [0.4, 0.5) is 0 Å². The van der Waals surface area contributed by atoms with E-state index in [-0.39, 0.29) is 0 Å². The van der Waals surface area contributed by atoms with Crippen LogP contribution in [0.1, 0.15) is 12.5 Å². The van der Waals surface area contributed by atoms with Crippen molar-refractivity contribution < 1.29 is 4.74 Å². The molecule has 2 rings (SSSR count). The first-order valence-corrected chi connectivity index (χ1v) is 11.1. The van der Waals surface area contributed by atoms with E-state index in [0.717, 1.165) is 5.56 Å². The summed E-state index contributed by atoms with van der Waals surface area (Å²) in [6.45, 7) is 11.1. The zero-order valence-corrected chi connectivity index (χ0v) is 15.3. The molecule has 0 heterocycles. The van der Waals surface area contributed by atoms with Gasteiger partial charge in [0.2, 0.25) is 0 Å². The molecule has 2 aromatic rings. The van der Waals surface area contributed by atoms with Gasteiger partial charge in [0.15, 0.2) is 0 Å². The van der Waals surface area contributed by atoms with Crippen LogP contribution in [-0.2, 0) is 10.3 Å². The summed E-state index contributed by atoms with van der Waals surface area (Å²) in [5, 5.41) is 1.43. The molecule has 0 radical (unpaired) electrons. The van der Waals surface area contributed by atoms with Crippen molar-refractivity contribution in [2.24, 2.45) is 0 Å². The maximum absolute atomic E-state index is 6.11. The second kappa shape index (κ2) is 7.58. The van der Waals surface area contributed by atoms with E-state index in [9.17, 15) is 0 Å². The fraction of sp³-hybridized carbons (Fsp3) is 0.238. The van der Waals surface area contributed by atoms with Crippen LogP contribution >= 0.6 is 0 Å². The molecular weight excluding hydrogens is 296 g/mol. The summed E-state index contributed by atoms with van der Waals surface area (Å²) < 4.78 is 6.11. The molecule has 0 saturated carbocycles. The summed E-state index contributed by atoms with van der Waals surface area (Å²) in [5.74, 6) is 0. The number of hydrogen-bond donors (Lipinski definition) is 0. The van der Waals surface area contributed by atoms with E-state index in [4.69, 9.17) is 4.74 Å². The van der Waals surface area contributed by atoms with Crippen LogP contribution in [0.25, 0.3) is 0 Å². The minimum Gasteiger partial charge on any atom is -0.362 e. The van der Waals surface area contributed by atoms with Gasteiger partial charge in [0.1, 0.15) is 13.7 Å². The van der Waals surface area contributed by atoms with Crippen LogP contribution in [0.3, 0.4) is 0 Å². The van der Waals surface area contributed by atoms with Crippen LogP contribution in [0.15, 0.2) is 85.1 Å². The third-order valence-corrected chi connectivity index (χ3v) is 7.01. The van der Waals surface area contributed by atoms with Crippen LogP contribution < -0.4 is 5.19 Å². The molecule has 0 amide bonds. The normalized spacial score (nSPS) is 14.6. The van der Waals surface area contributed by atoms with Crippen molar-refractivity contribution in [2.45, 2.75) is 25.6 Å². The van der Waals surface area contributed by atoms with Gasteiger partial charge >= 0.3 is 0 Å². The van der Waals surface area contributed by atoms with E-state index >= 15 is 0 Å². The van der Waals surface area contributed by atoms with Crippen molar-refractivity contribution in [3.05, 3.63) is 90.7 Å². The first kappa shape index (κ1) is 17.5. The van der Waals surface area contributed by atoms with E-state index in [1.165, 1.54) is 5.19 Å². The Balaban J connectivity index is 2.32. The number of hydrogen-bond acceptors (Lipinski definition) is 1. The summed E-state index contributed by atoms with van der Waals surface area (Å²) in [6, 6.07) is 21.1. The number of ether oxygens (including phenoxy) is 1. The summed E-state index contributed by atoms with van der Waals surface area (Å²) in [7, 11) is -1.65. The van der Waals surface area contributed by atoms with Gasteiger partial charge in [-0.15, -0.1) is 6.58 Å². The Labute approximate surface area is 141 Å². The molecule has 0 saturated heterocycles. The average Bonchev–Trinajstić information content (AvgIpc) is 2.60. The highest BCUT2D eigenvalue weighted by molar-refractivity contribution is 6.93. The molecule has 0 spiro atoms. The van der Waals surface area contributed by atoms with Crippen LogP contribution in [0, 0.1) is 0 Å². The van der Waals surface area contributed by atoms with Gasteiger partial charge in [0, 0.05) is 0 Å². The van der Waals surface area contributed by atoms with Gasteiger partial charge in [-0.1, -0.05) is 96.8 Å². The maximum atomic E-state index is 6.11. The predicted octanol–water partition coefficient (Wildman–Crippen LogP) is 4.82. The standard InChI is InChI=1S/C21H26OSi/c1-5-17-22-21(2,19-12-8-6-9-13-19)16-18-23(3,4)20-14-10-7-11-15-20/h5-16,18H,1,17H2,2-4H3/b18-16+. The molecular formula is C21H26OSi. The monoisotopic (exact) mass is 322 g/mol. The van der Waals surface area contributed by atoms with Gasteiger partial charge in [-0.05, 0) is 12.5 Å². The highest BCUT2D eigenvalue weighted by Crippen LogP contribution is 2.27. The average molecular weight is 323 g/mol. The quantitative estimate of drug-likeness (QED) is 0.525. The molecule has 0 aliphatic rings. The number of rotatable bonds is 7. The highest BCUT2D eigenvalue weighted by atomic mass is 28.3. The lowest BCUT2D eigenvalue weighted by Crippen LogP contribution is -2.40. The second-order valence-corrected chi connectivity index (χ2v) is 10.8. The van der Waals surface area contributed by atoms with Gasteiger partial charge in [-0.3, -0.25) is 0 Å². The SMILES string of the molecule is C=CCOC(C)(/C=C/[Si](C)(C)c1ccccc1)c1ccccc1. The van der Waals surface area contributed by atoms with E-state index in [1.54, 1.807) is 6.08 Å². The van der Waals surface area contributed by atoms with Crippen molar-refractivity contribution in [3.8, 4) is 0 Å². The van der Waals surface area contributed by atoms with Crippen molar-refractivity contribution in [2.75, 3.05) is 6.61 Å². The van der Waals surface area contributed by atoms with E-state index in [1.807, 2.05) is 6.07 Å². The zero-order chi connectivity index (χ0) is 16.8. The minimum absolute atomic E-state index is 0.436. The van der Waals surface area contributed by atoms with E-state index < -0.39 is 13.7 Å². The first-order chi connectivity index (χ1) is 11.0. The molecule has 0 fully saturated rings. The Bertz CT molecular complexity index is 646. The lowest BCUT2D eigenvalue weighted by molar-refractivity contribution is 0.0206. The molecule has 0 aliphatic heterocycles. The summed E-state index contributed by atoms with van der Waals surface area (Å²) in [4.78, 5) is 0. The fourth-order valence-corrected chi connectivity index (χ4v) is 4.54. The summed E-state index contributed by atoms with van der Waals surface area (Å²) >= 11 is 0. The maximum Gasteiger partial charge on any atom is 0.108 e. The van der Waals surface area contributed by atoms with Gasteiger partial charge in [0.25, 0.3) is 0 Å². The minimum atomic E-state index is -1.65. The molecule has 23 heavy (non-hydrogen) atoms. The molecule has 0 N–H and O–H groups in total. The highest BCUT2D eigenvalue weighted by Gasteiger charge is 2.27. The molecule has 0 aromatic heterocycles. The van der Waals surface area contributed by atoms with E-state index in [0.29, 0.717) is 6.61 Å². The molecule has 0 aliphatic carbocycles. The van der Waals surface area contributed by atoms with Crippen molar-refractivity contribution >= 4 is 13.3 Å². The predicted molar refractivity (Wildman–Crippen MR) is 103 cm³/mol. The van der Waals surface area contributed by atoms with Gasteiger partial charge < -0.3 is 4.74 Å². The van der Waals surface area contributed by atoms with Crippen molar-refractivity contribution in [1.82, 2.24) is 0 Å². The third kappa shape index (κ3) is 4.53. The molecule has 2 aromatic carbocycles. The Morgan fingerprint density at radius 1 is 1.00 bits per heavy atom. The molecule has 1 unspecified atom stereocenters. The summed E-state index contributed by atoms with van der Waals surface area (Å²) in [5.41, 5.74) is 3.10. The van der Waals surface area contributed by atoms with Crippen molar-refractivity contribution in [1.29, 1.82) is 0 Å². The Hall–Kier alpha value is -1.90. The van der Waals surface area contributed by atoms with Gasteiger partial charge in [-0.25, -0.2) is 0 Å². The molecule has 120 valence electrons. The fourth-order valence-electron chi connectivity index (χ4n) is 2.56. The Kier molecular flexibility index (Phi) is 5.75. The smallest absolute Gasteiger partial charge is 0.108 e. The molecule has 1 nitrogen and oxygen atoms in total. The molecule has 1 atom stereocenters. The van der Waals surface area contributed by atoms with Gasteiger partial charge in [-0.2, -0.15) is 0 Å². The summed E-state index contributed by atoms with van der Waals surface area (Å²) in [6.07, 6.45) is 4.03. The zero-order valence-electron chi connectivity index (χ0n) is 14.3. The van der Waals surface area contributed by atoms with Crippen LogP contribution in [-0.4, -0.2) is 14.7 Å². The topological polar surface area (TPSA) is 9.23 Å². The van der Waals surface area contributed by atoms with Crippen LogP contribution in [0.5, 0.6) is 0 Å². The number of benzene rings is 2. The molecule has 2 heteroatoms. The van der Waals surface area contributed by atoms with E-state index in [2.05, 4.69) is 93.0 Å². The third-order valence-electron chi connectivity index (χ3n) is 4.18. The first-order valence-electron chi connectivity index (χ1n) is 8.04.